The topological polar surface area (TPSA) is 46.2 Å². The van der Waals surface area contributed by atoms with E-state index >= 15 is 0 Å². The van der Waals surface area contributed by atoms with Gasteiger partial charge in [0, 0.05) is 0 Å². The second-order valence-corrected chi connectivity index (χ2v) is 4.85. The van der Waals surface area contributed by atoms with Crippen LogP contribution in [0, 0.1) is 31.1 Å². The molecule has 0 heterocycles. The molecule has 3 nitrogen and oxygen atoms in total. The van der Waals surface area contributed by atoms with E-state index in [1.54, 1.807) is 24.3 Å². The van der Waals surface area contributed by atoms with E-state index in [0.717, 1.165) is 5.56 Å². The Hall–Kier alpha value is -1.75. The summed E-state index contributed by atoms with van der Waals surface area (Å²) in [6, 6.07) is 6.57. The van der Waals surface area contributed by atoms with Crippen molar-refractivity contribution in [1.82, 2.24) is 4.72 Å². The van der Waals surface area contributed by atoms with Crippen LogP contribution in [0.15, 0.2) is 29.2 Å². The lowest BCUT2D eigenvalue weighted by Crippen LogP contribution is -2.23. The average Bonchev–Trinajstić information content (AvgIpc) is 2.25. The third-order valence-electron chi connectivity index (χ3n) is 1.84. The molecule has 0 spiro atoms. The van der Waals surface area contributed by atoms with Crippen LogP contribution in [0.2, 0.25) is 0 Å². The molecule has 0 aliphatic carbocycles. The third-order valence-corrected chi connectivity index (χ3v) is 3.26. The number of aryl methyl sites for hydroxylation is 1. The van der Waals surface area contributed by atoms with Crippen molar-refractivity contribution in [2.75, 3.05) is 6.54 Å². The molecule has 1 N–H and O–H groups in total. The van der Waals surface area contributed by atoms with E-state index in [9.17, 15) is 8.42 Å². The summed E-state index contributed by atoms with van der Waals surface area (Å²) in [5.41, 5.74) is 1.01. The SMILES string of the molecule is C#CC#CCNS(=O)(=O)c1ccc(C)cc1. The number of nitrogens with one attached hydrogen (secondary N) is 1. The van der Waals surface area contributed by atoms with E-state index in [2.05, 4.69) is 22.5 Å². The van der Waals surface area contributed by atoms with E-state index in [1.807, 2.05) is 6.92 Å². The molecule has 1 aromatic rings. The van der Waals surface area contributed by atoms with Crippen molar-refractivity contribution in [1.29, 1.82) is 0 Å². The smallest absolute Gasteiger partial charge is 0.207 e. The molecule has 0 amide bonds. The molecule has 4 heteroatoms. The zero-order valence-electron chi connectivity index (χ0n) is 8.82. The van der Waals surface area contributed by atoms with Crippen LogP contribution in [0.25, 0.3) is 0 Å². The summed E-state index contributed by atoms with van der Waals surface area (Å²) in [4.78, 5) is 0.223. The van der Waals surface area contributed by atoms with Crippen molar-refractivity contribution in [2.45, 2.75) is 11.8 Å². The molecule has 0 aliphatic heterocycles. The zero-order chi connectivity index (χ0) is 12.0. The van der Waals surface area contributed by atoms with Crippen LogP contribution in [0.5, 0.6) is 0 Å². The molecule has 0 bridgehead atoms. The first-order valence-corrected chi connectivity index (χ1v) is 6.04. The summed E-state index contributed by atoms with van der Waals surface area (Å²) in [6.07, 6.45) is 4.91. The van der Waals surface area contributed by atoms with Crippen molar-refractivity contribution in [3.8, 4) is 24.2 Å². The lowest BCUT2D eigenvalue weighted by atomic mass is 10.2. The molecule has 0 radical (unpaired) electrons. The van der Waals surface area contributed by atoms with Gasteiger partial charge in [0.25, 0.3) is 0 Å². The fourth-order valence-corrected chi connectivity index (χ4v) is 1.95. The summed E-state index contributed by atoms with van der Waals surface area (Å²) >= 11 is 0. The second kappa shape index (κ2) is 5.37. The van der Waals surface area contributed by atoms with Crippen LogP contribution in [-0.2, 0) is 10.0 Å². The second-order valence-electron chi connectivity index (χ2n) is 3.08. The normalized spacial score (nSPS) is 10.0. The lowest BCUT2D eigenvalue weighted by molar-refractivity contribution is 0.586. The first-order valence-electron chi connectivity index (χ1n) is 4.56. The van der Waals surface area contributed by atoms with Gasteiger partial charge in [0.15, 0.2) is 0 Å². The van der Waals surface area contributed by atoms with E-state index < -0.39 is 10.0 Å². The maximum Gasteiger partial charge on any atom is 0.241 e. The van der Waals surface area contributed by atoms with Crippen molar-refractivity contribution >= 4 is 10.0 Å². The van der Waals surface area contributed by atoms with Gasteiger partial charge in [0.05, 0.1) is 11.4 Å². The highest BCUT2D eigenvalue weighted by molar-refractivity contribution is 7.89. The van der Waals surface area contributed by atoms with Gasteiger partial charge in [-0.2, -0.15) is 4.72 Å². The summed E-state index contributed by atoms with van der Waals surface area (Å²) in [5, 5.41) is 0. The van der Waals surface area contributed by atoms with Crippen LogP contribution in [0.1, 0.15) is 5.56 Å². The Morgan fingerprint density at radius 3 is 2.50 bits per heavy atom. The number of terminal acetylenes is 1. The fraction of sp³-hybridized carbons (Fsp3) is 0.167. The molecule has 0 aliphatic rings. The van der Waals surface area contributed by atoms with E-state index in [1.165, 1.54) is 0 Å². The Balaban J connectivity index is 2.79. The molecule has 0 atom stereocenters. The quantitative estimate of drug-likeness (QED) is 0.789. The van der Waals surface area contributed by atoms with E-state index in [4.69, 9.17) is 6.42 Å². The van der Waals surface area contributed by atoms with Crippen molar-refractivity contribution < 1.29 is 8.42 Å². The Bertz CT molecular complexity index is 554. The summed E-state index contributed by atoms with van der Waals surface area (Å²) in [5.74, 6) is 6.93. The fourth-order valence-electron chi connectivity index (χ4n) is 1.03. The van der Waals surface area contributed by atoms with Crippen LogP contribution in [0.3, 0.4) is 0 Å². The number of rotatable bonds is 3. The minimum Gasteiger partial charge on any atom is -0.207 e. The van der Waals surface area contributed by atoms with Crippen LogP contribution in [-0.4, -0.2) is 15.0 Å². The molecule has 0 saturated heterocycles. The van der Waals surface area contributed by atoms with Gasteiger partial charge in [0.1, 0.15) is 0 Å². The molecular formula is C12H11NO2S. The van der Waals surface area contributed by atoms with Gasteiger partial charge in [0.2, 0.25) is 10.0 Å². The highest BCUT2D eigenvalue weighted by Gasteiger charge is 2.11. The minimum absolute atomic E-state index is 0.0143. The predicted molar refractivity (Wildman–Crippen MR) is 63.0 cm³/mol. The number of hydrogen-bond acceptors (Lipinski definition) is 2. The Labute approximate surface area is 95.9 Å². The highest BCUT2D eigenvalue weighted by atomic mass is 32.2. The molecule has 0 aromatic heterocycles. The Morgan fingerprint density at radius 1 is 1.31 bits per heavy atom. The molecular weight excluding hydrogens is 222 g/mol. The first-order chi connectivity index (χ1) is 7.56. The van der Waals surface area contributed by atoms with Crippen molar-refractivity contribution in [2.24, 2.45) is 0 Å². The van der Waals surface area contributed by atoms with E-state index in [0.29, 0.717) is 0 Å². The maximum absolute atomic E-state index is 11.7. The third kappa shape index (κ3) is 3.43. The Morgan fingerprint density at radius 2 is 1.94 bits per heavy atom. The molecule has 0 saturated carbocycles. The molecule has 1 aromatic carbocycles. The zero-order valence-corrected chi connectivity index (χ0v) is 9.64. The summed E-state index contributed by atoms with van der Waals surface area (Å²) < 4.78 is 25.7. The van der Waals surface area contributed by atoms with Gasteiger partial charge in [-0.05, 0) is 30.9 Å². The highest BCUT2D eigenvalue weighted by Crippen LogP contribution is 2.09. The van der Waals surface area contributed by atoms with Crippen LogP contribution < -0.4 is 4.72 Å². The molecule has 0 fully saturated rings. The maximum atomic E-state index is 11.7. The number of sulfonamides is 1. The van der Waals surface area contributed by atoms with Crippen molar-refractivity contribution in [3.63, 3.8) is 0 Å². The van der Waals surface area contributed by atoms with Crippen molar-refractivity contribution in [3.05, 3.63) is 29.8 Å². The first kappa shape index (κ1) is 12.3. The van der Waals surface area contributed by atoms with Gasteiger partial charge >= 0.3 is 0 Å². The monoisotopic (exact) mass is 233 g/mol. The van der Waals surface area contributed by atoms with Gasteiger partial charge in [-0.15, -0.1) is 6.42 Å². The largest absolute Gasteiger partial charge is 0.241 e. The number of benzene rings is 1. The van der Waals surface area contributed by atoms with Gasteiger partial charge < -0.3 is 0 Å². The van der Waals surface area contributed by atoms with Gasteiger partial charge in [-0.25, -0.2) is 8.42 Å². The predicted octanol–water partition coefficient (Wildman–Crippen LogP) is 0.910. The summed E-state index contributed by atoms with van der Waals surface area (Å²) in [6.45, 7) is 1.91. The standard InChI is InChI=1S/C12H11NO2S/c1-3-4-5-10-13-16(14,15)12-8-6-11(2)7-9-12/h1,6-9,13H,10H2,2H3. The summed E-state index contributed by atoms with van der Waals surface area (Å²) in [7, 11) is -3.48. The number of hydrogen-bond donors (Lipinski definition) is 1. The Kier molecular flexibility index (Phi) is 4.13. The van der Waals surface area contributed by atoms with Crippen LogP contribution >= 0.6 is 0 Å². The molecule has 0 unspecified atom stereocenters. The molecule has 82 valence electrons. The van der Waals surface area contributed by atoms with E-state index in [-0.39, 0.29) is 11.4 Å². The van der Waals surface area contributed by atoms with Gasteiger partial charge in [-0.1, -0.05) is 23.6 Å². The molecule has 1 rings (SSSR count). The minimum atomic E-state index is -3.48. The van der Waals surface area contributed by atoms with Crippen LogP contribution in [0.4, 0.5) is 0 Å². The van der Waals surface area contributed by atoms with Gasteiger partial charge in [-0.3, -0.25) is 0 Å². The molecule has 16 heavy (non-hydrogen) atoms. The lowest BCUT2D eigenvalue weighted by Gasteiger charge is -2.03. The average molecular weight is 233 g/mol.